The van der Waals surface area contributed by atoms with Crippen LogP contribution in [0.4, 0.5) is 0 Å². The second kappa shape index (κ2) is 19.8. The van der Waals surface area contributed by atoms with Crippen molar-refractivity contribution in [3.8, 4) is 0 Å². The van der Waals surface area contributed by atoms with Crippen LogP contribution in [-0.2, 0) is 40.2 Å². The Balaban J connectivity index is 1.50. The fraction of sp³-hybridized carbons (Fsp3) is 0.667. The van der Waals surface area contributed by atoms with Crippen molar-refractivity contribution in [2.75, 3.05) is 19.3 Å². The molecule has 0 radical (unpaired) electrons. The minimum atomic E-state index is -3.47. The highest BCUT2D eigenvalue weighted by atomic mass is 32.2. The van der Waals surface area contributed by atoms with Crippen LogP contribution in [0.15, 0.2) is 35.7 Å². The number of hydrogen-bond acceptors (Lipinski definition) is 11. The van der Waals surface area contributed by atoms with Crippen LogP contribution in [0.3, 0.4) is 0 Å². The first-order valence-electron chi connectivity index (χ1n) is 20.0. The van der Waals surface area contributed by atoms with Crippen molar-refractivity contribution >= 4 is 50.5 Å². The van der Waals surface area contributed by atoms with E-state index < -0.39 is 68.2 Å². The summed E-state index contributed by atoms with van der Waals surface area (Å²) >= 11 is 1.18. The monoisotopic (exact) mass is 814 g/mol. The number of nitrogens with one attached hydrogen (secondary N) is 2. The van der Waals surface area contributed by atoms with E-state index in [9.17, 15) is 32.4 Å². The van der Waals surface area contributed by atoms with Crippen LogP contribution in [0, 0.1) is 23.2 Å². The molecule has 14 heteroatoms. The SMILES string of the molecule is CC(=O)O[C@H](C[C@H](C(C)C)N(C)C(=O)[C@@H](CC(=O)[C@H]1CCCCN1)C(C)(C)C)c1nc(C(=O)N[C@@H](Cc2ccccc2)C[C@H](C)C(=O)CS(=O)(=O)C2CC2)cs1. The lowest BCUT2D eigenvalue weighted by Gasteiger charge is -2.39. The highest BCUT2D eigenvalue weighted by Gasteiger charge is 2.41. The molecule has 0 bridgehead atoms. The Hall–Kier alpha value is -3.49. The molecular formula is C42H62N4O8S2. The molecule has 4 rings (SSSR count). The number of thiazole rings is 1. The normalized spacial score (nSPS) is 19.0. The van der Waals surface area contributed by atoms with E-state index in [2.05, 4.69) is 15.6 Å². The molecule has 2 aromatic rings. The van der Waals surface area contributed by atoms with Gasteiger partial charge in [-0.3, -0.25) is 24.0 Å². The number of sulfone groups is 1. The summed E-state index contributed by atoms with van der Waals surface area (Å²) in [7, 11) is -1.73. The number of amides is 2. The topological polar surface area (TPSA) is 169 Å². The molecule has 0 spiro atoms. The average molecular weight is 815 g/mol. The molecule has 2 heterocycles. The van der Waals surface area contributed by atoms with Crippen LogP contribution >= 0.6 is 11.3 Å². The highest BCUT2D eigenvalue weighted by molar-refractivity contribution is 7.93. The van der Waals surface area contributed by atoms with E-state index in [1.165, 1.54) is 18.3 Å². The van der Waals surface area contributed by atoms with Crippen LogP contribution < -0.4 is 10.6 Å². The molecule has 0 unspecified atom stereocenters. The van der Waals surface area contributed by atoms with Crippen molar-refractivity contribution in [3.05, 3.63) is 52.0 Å². The van der Waals surface area contributed by atoms with Crippen LogP contribution in [-0.4, -0.2) is 90.4 Å². The van der Waals surface area contributed by atoms with Gasteiger partial charge in [-0.2, -0.15) is 0 Å². The van der Waals surface area contributed by atoms with Crippen molar-refractivity contribution in [1.82, 2.24) is 20.5 Å². The molecule has 1 aliphatic heterocycles. The van der Waals surface area contributed by atoms with Gasteiger partial charge in [0.15, 0.2) is 27.5 Å². The van der Waals surface area contributed by atoms with Gasteiger partial charge in [-0.25, -0.2) is 13.4 Å². The van der Waals surface area contributed by atoms with E-state index in [1.54, 1.807) is 24.3 Å². The van der Waals surface area contributed by atoms with Crippen molar-refractivity contribution in [1.29, 1.82) is 0 Å². The summed E-state index contributed by atoms with van der Waals surface area (Å²) in [6.45, 7) is 13.7. The summed E-state index contributed by atoms with van der Waals surface area (Å²) < 4.78 is 30.9. The third-order valence-electron chi connectivity index (χ3n) is 11.1. The lowest BCUT2D eigenvalue weighted by molar-refractivity contribution is -0.150. The van der Waals surface area contributed by atoms with Gasteiger partial charge in [0.1, 0.15) is 16.5 Å². The Labute approximate surface area is 337 Å². The zero-order valence-corrected chi connectivity index (χ0v) is 36.0. The molecule has 2 N–H and O–H groups in total. The number of Topliss-reactive ketones (excluding diaryl/α,β-unsaturated/α-hetero) is 2. The molecule has 56 heavy (non-hydrogen) atoms. The van der Waals surface area contributed by atoms with Crippen molar-refractivity contribution in [2.24, 2.45) is 23.2 Å². The second-order valence-electron chi connectivity index (χ2n) is 17.2. The standard InChI is InChI=1S/C42H62N4O8S2/c1-26(2)35(46(8)41(51)32(42(5,6)7)22-36(48)33-16-12-13-19-43-33)23-38(54-28(4)47)40-45-34(24-55-40)39(50)44-30(21-29-14-10-9-11-15-29)20-27(3)37(49)25-56(52,53)31-17-18-31/h9-11,14-15,24,26-27,30-33,35,38,43H,12-13,16-23,25H2,1-8H3,(H,44,50)/t27-,30+,32+,33+,35+,38+/m0/s1. The fourth-order valence-electron chi connectivity index (χ4n) is 7.47. The Morgan fingerprint density at radius 2 is 1.70 bits per heavy atom. The first kappa shape index (κ1) is 45.2. The van der Waals surface area contributed by atoms with Gasteiger partial charge in [-0.05, 0) is 62.0 Å². The van der Waals surface area contributed by atoms with Crippen molar-refractivity contribution in [3.63, 3.8) is 0 Å². The molecule has 310 valence electrons. The number of carbonyl (C=O) groups excluding carboxylic acids is 5. The zero-order chi connectivity index (χ0) is 41.4. The molecule has 1 aromatic heterocycles. The van der Waals surface area contributed by atoms with E-state index >= 15 is 0 Å². The maximum Gasteiger partial charge on any atom is 0.303 e. The maximum absolute atomic E-state index is 14.3. The van der Waals surface area contributed by atoms with Gasteiger partial charge >= 0.3 is 5.97 Å². The maximum atomic E-state index is 14.3. The molecule has 2 aliphatic rings. The highest BCUT2D eigenvalue weighted by Crippen LogP contribution is 2.35. The predicted octanol–water partition coefficient (Wildman–Crippen LogP) is 5.90. The third kappa shape index (κ3) is 13.0. The molecule has 1 aliphatic carbocycles. The number of carbonyl (C=O) groups is 5. The van der Waals surface area contributed by atoms with Gasteiger partial charge in [0.25, 0.3) is 5.91 Å². The van der Waals surface area contributed by atoms with E-state index in [0.717, 1.165) is 31.4 Å². The van der Waals surface area contributed by atoms with Gasteiger partial charge in [0.05, 0.1) is 11.3 Å². The number of nitrogens with zero attached hydrogens (tertiary/aromatic N) is 2. The summed E-state index contributed by atoms with van der Waals surface area (Å²) in [6.07, 6.45) is 4.13. The van der Waals surface area contributed by atoms with Gasteiger partial charge in [0, 0.05) is 56.1 Å². The fourth-order valence-corrected chi connectivity index (χ4v) is 10.1. The van der Waals surface area contributed by atoms with E-state index in [-0.39, 0.29) is 54.4 Å². The molecule has 1 saturated carbocycles. The number of aromatic nitrogens is 1. The number of ether oxygens (including phenoxy) is 1. The van der Waals surface area contributed by atoms with E-state index in [0.29, 0.717) is 24.3 Å². The summed E-state index contributed by atoms with van der Waals surface area (Å²) in [5, 5.41) is 7.91. The third-order valence-corrected chi connectivity index (χ3v) is 14.2. The molecule has 12 nitrogen and oxygen atoms in total. The number of rotatable bonds is 20. The lowest BCUT2D eigenvalue weighted by atomic mass is 9.75. The summed E-state index contributed by atoms with van der Waals surface area (Å²) in [6, 6.07) is 8.39. The Kier molecular flexibility index (Phi) is 16.0. The van der Waals surface area contributed by atoms with Crippen molar-refractivity contribution in [2.45, 2.75) is 136 Å². The minimum Gasteiger partial charge on any atom is -0.455 e. The van der Waals surface area contributed by atoms with Crippen molar-refractivity contribution < 1.29 is 37.1 Å². The Morgan fingerprint density at radius 3 is 2.27 bits per heavy atom. The molecule has 1 saturated heterocycles. The number of hydrogen-bond donors (Lipinski definition) is 2. The van der Waals surface area contributed by atoms with E-state index in [1.807, 2.05) is 65.0 Å². The smallest absolute Gasteiger partial charge is 0.303 e. The molecule has 2 fully saturated rings. The van der Waals surface area contributed by atoms with E-state index in [4.69, 9.17) is 4.74 Å². The first-order valence-corrected chi connectivity index (χ1v) is 22.6. The molecular weight excluding hydrogens is 753 g/mol. The molecule has 6 atom stereocenters. The zero-order valence-electron chi connectivity index (χ0n) is 34.3. The first-order chi connectivity index (χ1) is 26.3. The molecule has 2 amide bonds. The van der Waals surface area contributed by atoms with Crippen LogP contribution in [0.1, 0.15) is 127 Å². The average Bonchev–Trinajstić information content (AvgIpc) is 3.89. The molecule has 1 aromatic carbocycles. The van der Waals surface area contributed by atoms with Gasteiger partial charge in [-0.1, -0.05) is 78.3 Å². The summed E-state index contributed by atoms with van der Waals surface area (Å²) in [5.74, 6) is -3.19. The quantitative estimate of drug-likeness (QED) is 0.154. The summed E-state index contributed by atoms with van der Waals surface area (Å²) in [5.41, 5.74) is 0.574. The predicted molar refractivity (Wildman–Crippen MR) is 218 cm³/mol. The van der Waals surface area contributed by atoms with Crippen LogP contribution in [0.5, 0.6) is 0 Å². The Bertz CT molecular complexity index is 1780. The van der Waals surface area contributed by atoms with Crippen LogP contribution in [0.2, 0.25) is 0 Å². The largest absolute Gasteiger partial charge is 0.455 e. The number of ketones is 2. The van der Waals surface area contributed by atoms with Gasteiger partial charge in [0.2, 0.25) is 5.91 Å². The minimum absolute atomic E-state index is 0.0486. The Morgan fingerprint density at radius 1 is 1.02 bits per heavy atom. The number of esters is 1. The van der Waals surface area contributed by atoms with Gasteiger partial charge < -0.3 is 20.3 Å². The van der Waals surface area contributed by atoms with Gasteiger partial charge in [-0.15, -0.1) is 11.3 Å². The van der Waals surface area contributed by atoms with Crippen LogP contribution in [0.25, 0.3) is 0 Å². The second-order valence-corrected chi connectivity index (χ2v) is 20.4. The lowest BCUT2D eigenvalue weighted by Crippen LogP contribution is -2.49. The number of benzene rings is 1. The summed E-state index contributed by atoms with van der Waals surface area (Å²) in [4.78, 5) is 73.2. The number of piperidine rings is 1.